The van der Waals surface area contributed by atoms with E-state index in [4.69, 9.17) is 0 Å². The number of rotatable bonds is 7. The second-order valence-corrected chi connectivity index (χ2v) is 6.11. The molecule has 2 amide bonds. The van der Waals surface area contributed by atoms with Gasteiger partial charge in [-0.25, -0.2) is 0 Å². The third-order valence-corrected chi connectivity index (χ3v) is 3.77. The Morgan fingerprint density at radius 3 is 2.60 bits per heavy atom. The zero-order chi connectivity index (χ0) is 15.0. The molecule has 1 saturated heterocycles. The van der Waals surface area contributed by atoms with Gasteiger partial charge in [-0.3, -0.25) is 9.59 Å². The first-order valence-electron chi connectivity index (χ1n) is 7.75. The van der Waals surface area contributed by atoms with Gasteiger partial charge in [0.25, 0.3) is 0 Å². The van der Waals surface area contributed by atoms with E-state index in [1.807, 2.05) is 13.8 Å². The Bertz CT molecular complexity index is 312. The first-order chi connectivity index (χ1) is 9.49. The maximum Gasteiger partial charge on any atom is 0.221 e. The molecule has 1 fully saturated rings. The Hall–Kier alpha value is -1.10. The highest BCUT2D eigenvalue weighted by Crippen LogP contribution is 2.22. The van der Waals surface area contributed by atoms with E-state index in [0.717, 1.165) is 13.1 Å². The number of hydrogen-bond donors (Lipinski definition) is 3. The predicted octanol–water partition coefficient (Wildman–Crippen LogP) is 1.04. The summed E-state index contributed by atoms with van der Waals surface area (Å²) in [4.78, 5) is 23.3. The SMILES string of the molecule is CC(C)NC(=O)CCNC(=O)CC(C)C1CCCNC1. The molecule has 20 heavy (non-hydrogen) atoms. The van der Waals surface area contributed by atoms with Crippen LogP contribution in [0.1, 0.15) is 46.5 Å². The Balaban J connectivity index is 2.14. The summed E-state index contributed by atoms with van der Waals surface area (Å²) in [5.41, 5.74) is 0. The van der Waals surface area contributed by atoms with Gasteiger partial charge in [0.1, 0.15) is 0 Å². The maximum absolute atomic E-state index is 11.8. The highest BCUT2D eigenvalue weighted by molar-refractivity contribution is 5.79. The van der Waals surface area contributed by atoms with Crippen molar-refractivity contribution in [2.24, 2.45) is 11.8 Å². The molecule has 0 bridgehead atoms. The lowest BCUT2D eigenvalue weighted by atomic mass is 9.85. The third kappa shape index (κ3) is 6.89. The average Bonchev–Trinajstić information content (AvgIpc) is 2.38. The van der Waals surface area contributed by atoms with Crippen LogP contribution in [0.15, 0.2) is 0 Å². The summed E-state index contributed by atoms with van der Waals surface area (Å²) in [5, 5.41) is 9.03. The van der Waals surface area contributed by atoms with Gasteiger partial charge in [-0.1, -0.05) is 6.92 Å². The van der Waals surface area contributed by atoms with E-state index < -0.39 is 0 Å². The van der Waals surface area contributed by atoms with Gasteiger partial charge >= 0.3 is 0 Å². The van der Waals surface area contributed by atoms with Gasteiger partial charge < -0.3 is 16.0 Å². The molecule has 0 aliphatic carbocycles. The molecule has 0 radical (unpaired) electrons. The van der Waals surface area contributed by atoms with Gasteiger partial charge in [0.2, 0.25) is 11.8 Å². The van der Waals surface area contributed by atoms with Crippen molar-refractivity contribution in [3.05, 3.63) is 0 Å². The smallest absolute Gasteiger partial charge is 0.221 e. The molecule has 2 atom stereocenters. The van der Waals surface area contributed by atoms with Gasteiger partial charge in [0.05, 0.1) is 0 Å². The summed E-state index contributed by atoms with van der Waals surface area (Å²) in [5.74, 6) is 1.04. The second-order valence-electron chi connectivity index (χ2n) is 6.11. The van der Waals surface area contributed by atoms with E-state index in [9.17, 15) is 9.59 Å². The van der Waals surface area contributed by atoms with E-state index >= 15 is 0 Å². The normalized spacial score (nSPS) is 20.5. The minimum absolute atomic E-state index is 0.00942. The zero-order valence-corrected chi connectivity index (χ0v) is 13.0. The van der Waals surface area contributed by atoms with Crippen molar-refractivity contribution in [1.82, 2.24) is 16.0 Å². The molecule has 1 aliphatic rings. The number of piperidine rings is 1. The number of amides is 2. The molecule has 2 unspecified atom stereocenters. The maximum atomic E-state index is 11.8. The van der Waals surface area contributed by atoms with Crippen LogP contribution in [0.4, 0.5) is 0 Å². The molecule has 0 aromatic rings. The van der Waals surface area contributed by atoms with Gasteiger partial charge in [-0.15, -0.1) is 0 Å². The summed E-state index contributed by atoms with van der Waals surface area (Å²) in [6, 6.07) is 0.150. The van der Waals surface area contributed by atoms with Crippen molar-refractivity contribution < 1.29 is 9.59 Å². The molecule has 5 nitrogen and oxygen atoms in total. The summed E-state index contributed by atoms with van der Waals surface area (Å²) < 4.78 is 0. The molecule has 0 aromatic carbocycles. The van der Waals surface area contributed by atoms with Crippen LogP contribution in [0.25, 0.3) is 0 Å². The lowest BCUT2D eigenvalue weighted by molar-refractivity contribution is -0.123. The minimum atomic E-state index is -0.00942. The number of nitrogens with one attached hydrogen (secondary N) is 3. The first-order valence-corrected chi connectivity index (χ1v) is 7.75. The van der Waals surface area contributed by atoms with Crippen LogP contribution in [0.2, 0.25) is 0 Å². The molecular formula is C15H29N3O2. The summed E-state index contributed by atoms with van der Waals surface area (Å²) >= 11 is 0. The largest absolute Gasteiger partial charge is 0.356 e. The van der Waals surface area contributed by atoms with Crippen LogP contribution in [-0.2, 0) is 9.59 Å². The van der Waals surface area contributed by atoms with Crippen LogP contribution in [0.5, 0.6) is 0 Å². The van der Waals surface area contributed by atoms with E-state index in [1.165, 1.54) is 12.8 Å². The Morgan fingerprint density at radius 2 is 2.00 bits per heavy atom. The van der Waals surface area contributed by atoms with Gasteiger partial charge in [0, 0.05) is 25.4 Å². The van der Waals surface area contributed by atoms with Gasteiger partial charge in [-0.2, -0.15) is 0 Å². The summed E-state index contributed by atoms with van der Waals surface area (Å²) in [7, 11) is 0. The average molecular weight is 283 g/mol. The number of carbonyl (C=O) groups excluding carboxylic acids is 2. The molecule has 0 spiro atoms. The zero-order valence-electron chi connectivity index (χ0n) is 13.0. The fraction of sp³-hybridized carbons (Fsp3) is 0.867. The summed E-state index contributed by atoms with van der Waals surface area (Å²) in [6.07, 6.45) is 3.31. The van der Waals surface area contributed by atoms with E-state index in [-0.39, 0.29) is 17.9 Å². The minimum Gasteiger partial charge on any atom is -0.356 e. The van der Waals surface area contributed by atoms with Crippen LogP contribution in [0.3, 0.4) is 0 Å². The molecule has 1 heterocycles. The highest BCUT2D eigenvalue weighted by atomic mass is 16.2. The molecule has 1 aliphatic heterocycles. The topological polar surface area (TPSA) is 70.2 Å². The number of hydrogen-bond acceptors (Lipinski definition) is 3. The van der Waals surface area contributed by atoms with E-state index in [0.29, 0.717) is 31.2 Å². The standard InChI is InChI=1S/C15H29N3O2/c1-11(2)18-14(19)6-8-17-15(20)9-12(3)13-5-4-7-16-10-13/h11-13,16H,4-10H2,1-3H3,(H,17,20)(H,18,19). The van der Waals surface area contributed by atoms with Crippen molar-refractivity contribution >= 4 is 11.8 Å². The quantitative estimate of drug-likeness (QED) is 0.654. The molecule has 1 rings (SSSR count). The monoisotopic (exact) mass is 283 g/mol. The van der Waals surface area contributed by atoms with Crippen molar-refractivity contribution in [2.45, 2.75) is 52.5 Å². The van der Waals surface area contributed by atoms with Crippen LogP contribution >= 0.6 is 0 Å². The highest BCUT2D eigenvalue weighted by Gasteiger charge is 2.21. The Labute approximate surface area is 122 Å². The molecule has 5 heteroatoms. The van der Waals surface area contributed by atoms with Crippen LogP contribution in [-0.4, -0.2) is 37.5 Å². The van der Waals surface area contributed by atoms with Crippen molar-refractivity contribution in [3.8, 4) is 0 Å². The van der Waals surface area contributed by atoms with Crippen LogP contribution < -0.4 is 16.0 Å². The van der Waals surface area contributed by atoms with E-state index in [2.05, 4.69) is 22.9 Å². The molecule has 3 N–H and O–H groups in total. The lowest BCUT2D eigenvalue weighted by Gasteiger charge is -2.28. The van der Waals surface area contributed by atoms with E-state index in [1.54, 1.807) is 0 Å². The molecular weight excluding hydrogens is 254 g/mol. The summed E-state index contributed by atoms with van der Waals surface area (Å²) in [6.45, 7) is 8.54. The fourth-order valence-corrected chi connectivity index (χ4v) is 2.61. The number of carbonyl (C=O) groups is 2. The van der Waals surface area contributed by atoms with Gasteiger partial charge in [0.15, 0.2) is 0 Å². The Kier molecular flexibility index (Phi) is 7.59. The fourth-order valence-electron chi connectivity index (χ4n) is 2.61. The molecule has 0 aromatic heterocycles. The van der Waals surface area contributed by atoms with Crippen molar-refractivity contribution in [2.75, 3.05) is 19.6 Å². The lowest BCUT2D eigenvalue weighted by Crippen LogP contribution is -2.37. The Morgan fingerprint density at radius 1 is 1.25 bits per heavy atom. The first kappa shape index (κ1) is 17.0. The van der Waals surface area contributed by atoms with Crippen LogP contribution in [0, 0.1) is 11.8 Å². The third-order valence-electron chi connectivity index (χ3n) is 3.77. The molecule has 116 valence electrons. The molecule has 0 saturated carbocycles. The van der Waals surface area contributed by atoms with Crippen molar-refractivity contribution in [3.63, 3.8) is 0 Å². The predicted molar refractivity (Wildman–Crippen MR) is 80.3 cm³/mol. The van der Waals surface area contributed by atoms with Gasteiger partial charge in [-0.05, 0) is 51.6 Å². The van der Waals surface area contributed by atoms with Crippen molar-refractivity contribution in [1.29, 1.82) is 0 Å². The second kappa shape index (κ2) is 8.95.